The van der Waals surface area contributed by atoms with Gasteiger partial charge in [0.25, 0.3) is 0 Å². The van der Waals surface area contributed by atoms with Crippen LogP contribution in [0.2, 0.25) is 0 Å². The third kappa shape index (κ3) is 4.67. The van der Waals surface area contributed by atoms with Crippen molar-refractivity contribution in [2.45, 2.75) is 33.7 Å². The number of anilines is 1. The van der Waals surface area contributed by atoms with Crippen molar-refractivity contribution in [2.24, 2.45) is 5.92 Å². The predicted molar refractivity (Wildman–Crippen MR) is 87.3 cm³/mol. The third-order valence-electron chi connectivity index (χ3n) is 3.60. The highest BCUT2D eigenvalue weighted by molar-refractivity contribution is 5.90. The molecular formula is C17H21N3O3. The molecule has 0 aliphatic heterocycles. The van der Waals surface area contributed by atoms with E-state index in [0.717, 1.165) is 17.0 Å². The van der Waals surface area contributed by atoms with Crippen LogP contribution in [0.25, 0.3) is 0 Å². The van der Waals surface area contributed by atoms with E-state index in [4.69, 9.17) is 5.11 Å². The second-order valence-corrected chi connectivity index (χ2v) is 5.77. The van der Waals surface area contributed by atoms with Crippen LogP contribution in [0.4, 0.5) is 5.69 Å². The second kappa shape index (κ2) is 7.09. The molecule has 23 heavy (non-hydrogen) atoms. The Bertz CT molecular complexity index is 704. The van der Waals surface area contributed by atoms with Crippen molar-refractivity contribution in [3.63, 3.8) is 0 Å². The number of amides is 1. The minimum absolute atomic E-state index is 0.150. The summed E-state index contributed by atoms with van der Waals surface area (Å²) in [4.78, 5) is 22.9. The number of hydrogen-bond acceptors (Lipinski definition) is 3. The van der Waals surface area contributed by atoms with Gasteiger partial charge < -0.3 is 10.4 Å². The minimum Gasteiger partial charge on any atom is -0.481 e. The number of hydrogen-bond donors (Lipinski definition) is 2. The monoisotopic (exact) mass is 315 g/mol. The maximum Gasteiger partial charge on any atom is 0.306 e. The lowest BCUT2D eigenvalue weighted by molar-refractivity contribution is -0.141. The lowest BCUT2D eigenvalue weighted by Gasteiger charge is -2.09. The van der Waals surface area contributed by atoms with Gasteiger partial charge in [-0.1, -0.05) is 19.1 Å². The van der Waals surface area contributed by atoms with E-state index in [-0.39, 0.29) is 12.5 Å². The number of nitrogens with zero attached hydrogens (tertiary/aromatic N) is 2. The normalized spacial score (nSPS) is 12.0. The largest absolute Gasteiger partial charge is 0.481 e. The number of benzene rings is 1. The summed E-state index contributed by atoms with van der Waals surface area (Å²) in [6.45, 7) is 5.63. The molecule has 1 aromatic carbocycles. The molecule has 2 aromatic rings. The van der Waals surface area contributed by atoms with Gasteiger partial charge in [-0.25, -0.2) is 0 Å². The van der Waals surface area contributed by atoms with Crippen LogP contribution in [0.1, 0.15) is 23.9 Å². The number of carboxylic acids is 1. The third-order valence-corrected chi connectivity index (χ3v) is 3.60. The molecule has 0 saturated carbocycles. The van der Waals surface area contributed by atoms with E-state index in [0.29, 0.717) is 12.1 Å². The molecule has 0 spiro atoms. The topological polar surface area (TPSA) is 84.2 Å². The molecule has 0 saturated heterocycles. The van der Waals surface area contributed by atoms with Crippen LogP contribution in [0.3, 0.4) is 0 Å². The van der Waals surface area contributed by atoms with Gasteiger partial charge in [0, 0.05) is 11.4 Å². The van der Waals surface area contributed by atoms with Crippen molar-refractivity contribution in [1.82, 2.24) is 9.78 Å². The molecule has 122 valence electrons. The standard InChI is InChI=1S/C17H21N3O3/c1-11(17(22)23)8-14-4-6-15(7-5-14)18-16(21)10-20-13(3)9-12(2)19-20/h4-7,9,11H,8,10H2,1-3H3,(H,18,21)(H,22,23)/t11-/m0/s1. The number of carbonyl (C=O) groups is 2. The Labute approximate surface area is 135 Å². The number of rotatable bonds is 6. The van der Waals surface area contributed by atoms with Crippen LogP contribution >= 0.6 is 0 Å². The summed E-state index contributed by atoms with van der Waals surface area (Å²) in [5, 5.41) is 16.0. The van der Waals surface area contributed by atoms with Gasteiger partial charge in [0.05, 0.1) is 11.6 Å². The fourth-order valence-electron chi connectivity index (χ4n) is 2.34. The Morgan fingerprint density at radius 3 is 2.43 bits per heavy atom. The van der Waals surface area contributed by atoms with Crippen molar-refractivity contribution >= 4 is 17.6 Å². The molecule has 0 bridgehead atoms. The highest BCUT2D eigenvalue weighted by Crippen LogP contribution is 2.14. The van der Waals surface area contributed by atoms with Gasteiger partial charge in [0.15, 0.2) is 0 Å². The molecule has 1 aromatic heterocycles. The average molecular weight is 315 g/mol. The predicted octanol–water partition coefficient (Wildman–Crippen LogP) is 2.40. The minimum atomic E-state index is -0.813. The van der Waals surface area contributed by atoms with E-state index in [2.05, 4.69) is 10.4 Å². The Morgan fingerprint density at radius 2 is 1.91 bits per heavy atom. The highest BCUT2D eigenvalue weighted by atomic mass is 16.4. The SMILES string of the molecule is Cc1cc(C)n(CC(=O)Nc2ccc(C[C@H](C)C(=O)O)cc2)n1. The smallest absolute Gasteiger partial charge is 0.306 e. The molecule has 2 N–H and O–H groups in total. The first-order valence-electron chi connectivity index (χ1n) is 7.48. The zero-order valence-electron chi connectivity index (χ0n) is 13.5. The van der Waals surface area contributed by atoms with E-state index < -0.39 is 11.9 Å². The van der Waals surface area contributed by atoms with Gasteiger partial charge >= 0.3 is 5.97 Å². The summed E-state index contributed by atoms with van der Waals surface area (Å²) in [5.41, 5.74) is 3.43. The molecule has 0 fully saturated rings. The maximum atomic E-state index is 12.0. The number of carbonyl (C=O) groups excluding carboxylic acids is 1. The number of nitrogens with one attached hydrogen (secondary N) is 1. The van der Waals surface area contributed by atoms with E-state index >= 15 is 0 Å². The van der Waals surface area contributed by atoms with Gasteiger partial charge in [-0.2, -0.15) is 5.10 Å². The van der Waals surface area contributed by atoms with Crippen LogP contribution in [-0.4, -0.2) is 26.8 Å². The van der Waals surface area contributed by atoms with Crippen molar-refractivity contribution in [3.8, 4) is 0 Å². The maximum absolute atomic E-state index is 12.0. The summed E-state index contributed by atoms with van der Waals surface area (Å²) >= 11 is 0. The van der Waals surface area contributed by atoms with Crippen molar-refractivity contribution in [1.29, 1.82) is 0 Å². The van der Waals surface area contributed by atoms with Crippen molar-refractivity contribution in [2.75, 3.05) is 5.32 Å². The highest BCUT2D eigenvalue weighted by Gasteiger charge is 2.12. The first kappa shape index (κ1) is 16.7. The van der Waals surface area contributed by atoms with Crippen molar-refractivity contribution in [3.05, 3.63) is 47.3 Å². The Kier molecular flexibility index (Phi) is 5.16. The molecule has 0 radical (unpaired) electrons. The van der Waals surface area contributed by atoms with Crippen LogP contribution in [0.5, 0.6) is 0 Å². The Balaban J connectivity index is 1.94. The first-order valence-corrected chi connectivity index (χ1v) is 7.48. The van der Waals surface area contributed by atoms with E-state index in [9.17, 15) is 9.59 Å². The molecule has 0 unspecified atom stereocenters. The van der Waals surface area contributed by atoms with Crippen LogP contribution in [0, 0.1) is 19.8 Å². The summed E-state index contributed by atoms with van der Waals surface area (Å²) in [7, 11) is 0. The Hall–Kier alpha value is -2.63. The Morgan fingerprint density at radius 1 is 1.26 bits per heavy atom. The molecule has 0 aliphatic rings. The number of aliphatic carboxylic acids is 1. The van der Waals surface area contributed by atoms with Crippen LogP contribution in [0.15, 0.2) is 30.3 Å². The molecule has 1 atom stereocenters. The number of aryl methyl sites for hydroxylation is 2. The first-order chi connectivity index (χ1) is 10.8. The zero-order chi connectivity index (χ0) is 17.0. The van der Waals surface area contributed by atoms with Gasteiger partial charge in [-0.05, 0) is 44.0 Å². The molecule has 0 aliphatic carbocycles. The quantitative estimate of drug-likeness (QED) is 0.857. The summed E-state index contributed by atoms with van der Waals surface area (Å²) in [6.07, 6.45) is 0.468. The van der Waals surface area contributed by atoms with Gasteiger partial charge in [0.1, 0.15) is 6.54 Å². The number of aromatic nitrogens is 2. The van der Waals surface area contributed by atoms with Crippen LogP contribution in [-0.2, 0) is 22.6 Å². The van der Waals surface area contributed by atoms with Crippen molar-refractivity contribution < 1.29 is 14.7 Å². The summed E-state index contributed by atoms with van der Waals surface area (Å²) in [6, 6.07) is 9.15. The van der Waals surface area contributed by atoms with E-state index in [1.807, 2.05) is 32.0 Å². The molecule has 1 heterocycles. The fourth-order valence-corrected chi connectivity index (χ4v) is 2.34. The van der Waals surface area contributed by atoms with Gasteiger partial charge in [-0.3, -0.25) is 14.3 Å². The van der Waals surface area contributed by atoms with Gasteiger partial charge in [0.2, 0.25) is 5.91 Å². The lowest BCUT2D eigenvalue weighted by Crippen LogP contribution is -2.20. The summed E-state index contributed by atoms with van der Waals surface area (Å²) in [5.74, 6) is -1.39. The second-order valence-electron chi connectivity index (χ2n) is 5.77. The zero-order valence-corrected chi connectivity index (χ0v) is 13.5. The molecule has 2 rings (SSSR count). The molecule has 6 heteroatoms. The molecular weight excluding hydrogens is 294 g/mol. The number of carboxylic acid groups (broad SMARTS) is 1. The fraction of sp³-hybridized carbons (Fsp3) is 0.353. The van der Waals surface area contributed by atoms with Crippen LogP contribution < -0.4 is 5.32 Å². The van der Waals surface area contributed by atoms with E-state index in [1.165, 1.54) is 0 Å². The molecule has 1 amide bonds. The molecule has 6 nitrogen and oxygen atoms in total. The lowest BCUT2D eigenvalue weighted by atomic mass is 10.0. The van der Waals surface area contributed by atoms with E-state index in [1.54, 1.807) is 23.7 Å². The van der Waals surface area contributed by atoms with Gasteiger partial charge in [-0.15, -0.1) is 0 Å². The average Bonchev–Trinajstić information content (AvgIpc) is 2.78. The summed E-state index contributed by atoms with van der Waals surface area (Å²) < 4.78 is 1.66.